The minimum atomic E-state index is -1.33. The van der Waals surface area contributed by atoms with Gasteiger partial charge in [0, 0.05) is 7.11 Å². The molecule has 14 heavy (non-hydrogen) atoms. The molecule has 0 bridgehead atoms. The summed E-state index contributed by atoms with van der Waals surface area (Å²) in [5.41, 5.74) is -0.553. The zero-order chi connectivity index (χ0) is 11.0. The van der Waals surface area contributed by atoms with Gasteiger partial charge in [0.2, 0.25) is 0 Å². The van der Waals surface area contributed by atoms with Crippen LogP contribution in [0.1, 0.15) is 20.8 Å². The van der Waals surface area contributed by atoms with Gasteiger partial charge in [-0.2, -0.15) is 0 Å². The average Bonchev–Trinajstić information content (AvgIpc) is 2.60. The molecule has 1 saturated heterocycles. The molecule has 0 amide bonds. The van der Waals surface area contributed by atoms with E-state index >= 15 is 0 Å². The molecule has 5 heteroatoms. The van der Waals surface area contributed by atoms with Crippen molar-refractivity contribution < 1.29 is 19.0 Å². The number of halogens is 1. The van der Waals surface area contributed by atoms with E-state index in [9.17, 15) is 4.79 Å². The fraction of sp³-hybridized carbons (Fsp3) is 0.889. The molecule has 1 rings (SSSR count). The van der Waals surface area contributed by atoms with Gasteiger partial charge in [0.05, 0.1) is 6.61 Å². The molecule has 82 valence electrons. The van der Waals surface area contributed by atoms with Gasteiger partial charge in [-0.3, -0.25) is 0 Å². The van der Waals surface area contributed by atoms with Gasteiger partial charge in [-0.25, -0.2) is 4.79 Å². The Labute approximate surface area is 88.5 Å². The molecule has 2 unspecified atom stereocenters. The van der Waals surface area contributed by atoms with Gasteiger partial charge < -0.3 is 14.2 Å². The summed E-state index contributed by atoms with van der Waals surface area (Å²) in [4.78, 5) is 11.5. The Hall–Kier alpha value is -0.320. The van der Waals surface area contributed by atoms with Crippen molar-refractivity contribution in [2.45, 2.75) is 37.5 Å². The lowest BCUT2D eigenvalue weighted by atomic mass is 10.2. The highest BCUT2D eigenvalue weighted by molar-refractivity contribution is 6.35. The van der Waals surface area contributed by atoms with E-state index in [0.29, 0.717) is 6.61 Å². The minimum absolute atomic E-state index is 0.294. The molecule has 0 aromatic carbocycles. The lowest BCUT2D eigenvalue weighted by molar-refractivity contribution is -0.158. The topological polar surface area (TPSA) is 48.1 Å². The number of ether oxygens (including phenoxy) is 3. The van der Waals surface area contributed by atoms with Crippen molar-refractivity contribution in [1.82, 2.24) is 0 Å². The van der Waals surface area contributed by atoms with Gasteiger partial charge in [0.15, 0.2) is 0 Å². The molecule has 1 heterocycles. The molecule has 0 aliphatic carbocycles. The van der Waals surface area contributed by atoms with Crippen molar-refractivity contribution in [1.29, 1.82) is 0 Å². The molecular weight excluding hydrogens is 208 g/mol. The summed E-state index contributed by atoms with van der Waals surface area (Å²) in [6, 6.07) is 0. The Kier molecular flexibility index (Phi) is 3.09. The minimum Gasteiger partial charge on any atom is -0.457 e. The van der Waals surface area contributed by atoms with Crippen LogP contribution in [0.3, 0.4) is 0 Å². The van der Waals surface area contributed by atoms with Crippen molar-refractivity contribution in [3.8, 4) is 0 Å². The number of hydrogen-bond donors (Lipinski definition) is 0. The second kappa shape index (κ2) is 3.68. The first kappa shape index (κ1) is 11.8. The van der Waals surface area contributed by atoms with Crippen LogP contribution in [0.15, 0.2) is 0 Å². The van der Waals surface area contributed by atoms with Crippen molar-refractivity contribution >= 4 is 17.6 Å². The van der Waals surface area contributed by atoms with E-state index in [0.717, 1.165) is 0 Å². The molecule has 0 radical (unpaired) electrons. The lowest BCUT2D eigenvalue weighted by Gasteiger charge is -2.20. The van der Waals surface area contributed by atoms with E-state index < -0.39 is 22.7 Å². The highest BCUT2D eigenvalue weighted by Gasteiger charge is 2.63. The molecule has 1 aliphatic heterocycles. The van der Waals surface area contributed by atoms with Crippen LogP contribution in [0.25, 0.3) is 0 Å². The Balaban J connectivity index is 2.47. The maximum atomic E-state index is 11.5. The molecule has 0 aromatic rings. The third-order valence-electron chi connectivity index (χ3n) is 1.67. The number of carbonyl (C=O) groups is 1. The summed E-state index contributed by atoms with van der Waals surface area (Å²) in [5, 5.41) is -1.33. The molecule has 0 saturated carbocycles. The van der Waals surface area contributed by atoms with Gasteiger partial charge in [-0.1, -0.05) is 11.6 Å². The fourth-order valence-electron chi connectivity index (χ4n) is 0.993. The first-order valence-electron chi connectivity index (χ1n) is 4.39. The smallest absolute Gasteiger partial charge is 0.357 e. The number of alkyl halides is 1. The van der Waals surface area contributed by atoms with Crippen molar-refractivity contribution in [3.63, 3.8) is 0 Å². The number of carbonyl (C=O) groups excluding carboxylic acids is 1. The molecular formula is C9H15ClO4. The molecule has 0 N–H and O–H groups in total. The summed E-state index contributed by atoms with van der Waals surface area (Å²) < 4.78 is 14.9. The van der Waals surface area contributed by atoms with Crippen LogP contribution in [-0.4, -0.2) is 36.5 Å². The highest BCUT2D eigenvalue weighted by Crippen LogP contribution is 2.42. The zero-order valence-electron chi connectivity index (χ0n) is 8.80. The number of hydrogen-bond acceptors (Lipinski definition) is 4. The number of rotatable bonds is 3. The summed E-state index contributed by atoms with van der Waals surface area (Å²) in [6.07, 6.45) is -0.399. The van der Waals surface area contributed by atoms with Crippen molar-refractivity contribution in [3.05, 3.63) is 0 Å². The summed E-state index contributed by atoms with van der Waals surface area (Å²) >= 11 is 5.87. The fourth-order valence-corrected chi connectivity index (χ4v) is 1.20. The molecule has 4 nitrogen and oxygen atoms in total. The van der Waals surface area contributed by atoms with E-state index in [4.69, 9.17) is 25.8 Å². The third-order valence-corrected chi connectivity index (χ3v) is 2.15. The maximum Gasteiger partial charge on any atom is 0.357 e. The first-order chi connectivity index (χ1) is 6.29. The van der Waals surface area contributed by atoms with Gasteiger partial charge in [0.25, 0.3) is 5.06 Å². The average molecular weight is 223 g/mol. The van der Waals surface area contributed by atoms with E-state index in [2.05, 4.69) is 0 Å². The normalized spacial score (nSPS) is 31.4. The highest BCUT2D eigenvalue weighted by atomic mass is 35.5. The third kappa shape index (κ3) is 2.59. The van der Waals surface area contributed by atoms with E-state index in [1.165, 1.54) is 7.11 Å². The van der Waals surface area contributed by atoms with Gasteiger partial charge >= 0.3 is 5.97 Å². The van der Waals surface area contributed by atoms with Gasteiger partial charge in [-0.15, -0.1) is 0 Å². The largest absolute Gasteiger partial charge is 0.457 e. The molecule has 0 spiro atoms. The number of epoxide rings is 1. The Morgan fingerprint density at radius 2 is 2.14 bits per heavy atom. The number of esters is 1. The Morgan fingerprint density at radius 1 is 1.57 bits per heavy atom. The second-order valence-corrected chi connectivity index (χ2v) is 4.77. The lowest BCUT2D eigenvalue weighted by Crippen LogP contribution is -2.33. The monoisotopic (exact) mass is 222 g/mol. The van der Waals surface area contributed by atoms with E-state index in [-0.39, 0.29) is 0 Å². The van der Waals surface area contributed by atoms with Crippen molar-refractivity contribution in [2.24, 2.45) is 0 Å². The van der Waals surface area contributed by atoms with Crippen LogP contribution in [0, 0.1) is 0 Å². The summed E-state index contributed by atoms with van der Waals surface area (Å²) in [7, 11) is 1.52. The first-order valence-corrected chi connectivity index (χ1v) is 4.76. The summed E-state index contributed by atoms with van der Waals surface area (Å²) in [6.45, 7) is 5.62. The van der Waals surface area contributed by atoms with Crippen LogP contribution in [0.5, 0.6) is 0 Å². The van der Waals surface area contributed by atoms with Crippen molar-refractivity contribution in [2.75, 3.05) is 13.7 Å². The predicted molar refractivity (Wildman–Crippen MR) is 51.2 cm³/mol. The second-order valence-electron chi connectivity index (χ2n) is 4.21. The molecule has 1 aliphatic rings. The standard InChI is InChI=1S/C9H15ClO4/c1-8(2,3)14-7(11)9(10)6(13-9)5-12-4/h6H,5H2,1-4H3. The van der Waals surface area contributed by atoms with Crippen LogP contribution in [0.4, 0.5) is 0 Å². The van der Waals surface area contributed by atoms with Gasteiger partial charge in [-0.05, 0) is 20.8 Å². The molecule has 1 fully saturated rings. The molecule has 0 aromatic heterocycles. The van der Waals surface area contributed by atoms with Crippen LogP contribution in [0.2, 0.25) is 0 Å². The van der Waals surface area contributed by atoms with E-state index in [1.807, 2.05) is 0 Å². The summed E-state index contributed by atoms with van der Waals surface area (Å²) in [5.74, 6) is -0.547. The van der Waals surface area contributed by atoms with Crippen LogP contribution < -0.4 is 0 Å². The zero-order valence-corrected chi connectivity index (χ0v) is 9.55. The maximum absolute atomic E-state index is 11.5. The number of methoxy groups -OCH3 is 1. The van der Waals surface area contributed by atoms with Crippen LogP contribution >= 0.6 is 11.6 Å². The van der Waals surface area contributed by atoms with Crippen LogP contribution in [-0.2, 0) is 19.0 Å². The van der Waals surface area contributed by atoms with E-state index in [1.54, 1.807) is 20.8 Å². The molecule has 2 atom stereocenters. The predicted octanol–water partition coefficient (Wildman–Crippen LogP) is 1.31. The van der Waals surface area contributed by atoms with Gasteiger partial charge in [0.1, 0.15) is 11.7 Å². The quantitative estimate of drug-likeness (QED) is 0.410. The Bertz CT molecular complexity index is 235. The SMILES string of the molecule is COCC1OC1(Cl)C(=O)OC(C)(C)C. The Morgan fingerprint density at radius 3 is 2.57 bits per heavy atom.